The van der Waals surface area contributed by atoms with Crippen molar-refractivity contribution >= 4 is 16.9 Å². The maximum atomic E-state index is 13.0. The number of aromatic nitrogens is 2. The molecule has 1 aromatic carbocycles. The van der Waals surface area contributed by atoms with Gasteiger partial charge in [0.2, 0.25) is 0 Å². The van der Waals surface area contributed by atoms with E-state index in [1.165, 1.54) is 6.42 Å². The highest BCUT2D eigenvalue weighted by molar-refractivity contribution is 5.97. The number of pyridine rings is 2. The number of carbonyl (C=O) groups is 1. The van der Waals surface area contributed by atoms with Gasteiger partial charge < -0.3 is 14.8 Å². The van der Waals surface area contributed by atoms with Crippen molar-refractivity contribution < 1.29 is 14.3 Å². The fraction of sp³-hybridized carbons (Fsp3) is 0.400. The van der Waals surface area contributed by atoms with E-state index in [2.05, 4.69) is 10.3 Å². The minimum Gasteiger partial charge on any atom is -0.486 e. The lowest BCUT2D eigenvalue weighted by molar-refractivity contribution is 0.0926. The summed E-state index contributed by atoms with van der Waals surface area (Å²) >= 11 is 0. The topological polar surface area (TPSA) is 82.5 Å². The lowest BCUT2D eigenvalue weighted by Crippen LogP contribution is -2.40. The molecule has 2 aromatic heterocycles. The molecule has 0 unspecified atom stereocenters. The van der Waals surface area contributed by atoms with Gasteiger partial charge in [0.05, 0.1) is 0 Å². The quantitative estimate of drug-likeness (QED) is 0.674. The van der Waals surface area contributed by atoms with Crippen molar-refractivity contribution in [2.45, 2.75) is 51.6 Å². The largest absolute Gasteiger partial charge is 0.486 e. The summed E-state index contributed by atoms with van der Waals surface area (Å²) in [7, 11) is 0. The molecular formula is C25H27N3O4. The molecule has 0 bridgehead atoms. The Morgan fingerprint density at radius 2 is 1.84 bits per heavy atom. The summed E-state index contributed by atoms with van der Waals surface area (Å²) in [5.41, 5.74) is 2.27. The fourth-order valence-corrected chi connectivity index (χ4v) is 4.61. The van der Waals surface area contributed by atoms with Crippen LogP contribution >= 0.6 is 0 Å². The van der Waals surface area contributed by atoms with Crippen LogP contribution in [0.15, 0.2) is 41.3 Å². The summed E-state index contributed by atoms with van der Waals surface area (Å²) in [6.07, 6.45) is 7.13. The molecule has 1 aliphatic heterocycles. The number of carbonyl (C=O) groups excluding carboxylic acids is 1. The van der Waals surface area contributed by atoms with Crippen molar-refractivity contribution in [3.05, 3.63) is 52.4 Å². The van der Waals surface area contributed by atoms with E-state index in [0.29, 0.717) is 31.2 Å². The first-order valence-corrected chi connectivity index (χ1v) is 11.4. The SMILES string of the molecule is CCn1c(=O)c(C(=O)NC2CCCCC2)cc2cc(-c3ccc4c(c3)OCCO4)cnc21. The van der Waals surface area contributed by atoms with E-state index in [4.69, 9.17) is 9.47 Å². The molecule has 1 fully saturated rings. The standard InChI is InChI=1S/C25H27N3O4/c1-2-28-23-17(13-20(25(28)30)24(29)27-19-6-4-3-5-7-19)12-18(15-26-23)16-8-9-21-22(14-16)32-11-10-31-21/h8-9,12-15,19H,2-7,10-11H2,1H3,(H,27,29). The summed E-state index contributed by atoms with van der Waals surface area (Å²) in [5.74, 6) is 1.14. The van der Waals surface area contributed by atoms with Crippen molar-refractivity contribution in [1.29, 1.82) is 0 Å². The van der Waals surface area contributed by atoms with Crippen molar-refractivity contribution in [2.75, 3.05) is 13.2 Å². The Morgan fingerprint density at radius 1 is 1.06 bits per heavy atom. The fourth-order valence-electron chi connectivity index (χ4n) is 4.61. The van der Waals surface area contributed by atoms with Gasteiger partial charge in [0.25, 0.3) is 11.5 Å². The zero-order chi connectivity index (χ0) is 22.1. The van der Waals surface area contributed by atoms with E-state index < -0.39 is 0 Å². The second-order valence-corrected chi connectivity index (χ2v) is 8.41. The smallest absolute Gasteiger partial charge is 0.265 e. The highest BCUT2D eigenvalue weighted by Gasteiger charge is 2.21. The zero-order valence-corrected chi connectivity index (χ0v) is 18.2. The van der Waals surface area contributed by atoms with Gasteiger partial charge in [0.15, 0.2) is 11.5 Å². The van der Waals surface area contributed by atoms with Crippen LogP contribution in [-0.4, -0.2) is 34.7 Å². The lowest BCUT2D eigenvalue weighted by Gasteiger charge is -2.23. The number of nitrogens with one attached hydrogen (secondary N) is 1. The second kappa shape index (κ2) is 8.65. The third-order valence-electron chi connectivity index (χ3n) is 6.30. The van der Waals surface area contributed by atoms with Crippen LogP contribution in [0.1, 0.15) is 49.4 Å². The molecule has 0 saturated heterocycles. The van der Waals surface area contributed by atoms with Gasteiger partial charge in [0.1, 0.15) is 24.4 Å². The molecule has 1 amide bonds. The van der Waals surface area contributed by atoms with Gasteiger partial charge in [-0.05, 0) is 49.6 Å². The third-order valence-corrected chi connectivity index (χ3v) is 6.30. The molecule has 2 aliphatic rings. The van der Waals surface area contributed by atoms with Gasteiger partial charge >= 0.3 is 0 Å². The van der Waals surface area contributed by atoms with Crippen molar-refractivity contribution in [2.24, 2.45) is 0 Å². The Kier molecular flexibility index (Phi) is 5.55. The van der Waals surface area contributed by atoms with Gasteiger partial charge in [0, 0.05) is 29.7 Å². The van der Waals surface area contributed by atoms with E-state index in [9.17, 15) is 9.59 Å². The predicted molar refractivity (Wildman–Crippen MR) is 122 cm³/mol. The van der Waals surface area contributed by atoms with Gasteiger partial charge in [-0.15, -0.1) is 0 Å². The maximum Gasteiger partial charge on any atom is 0.265 e. The Labute approximate surface area is 186 Å². The van der Waals surface area contributed by atoms with E-state index in [-0.39, 0.29) is 23.1 Å². The number of ether oxygens (including phenoxy) is 2. The maximum absolute atomic E-state index is 13.0. The molecule has 1 saturated carbocycles. The minimum absolute atomic E-state index is 0.142. The normalized spacial score (nSPS) is 16.2. The van der Waals surface area contributed by atoms with Crippen molar-refractivity contribution in [3.63, 3.8) is 0 Å². The van der Waals surface area contributed by atoms with Crippen LogP contribution in [0.4, 0.5) is 0 Å². The molecule has 3 aromatic rings. The zero-order valence-electron chi connectivity index (χ0n) is 18.2. The summed E-state index contributed by atoms with van der Waals surface area (Å²) in [6.45, 7) is 3.40. The van der Waals surface area contributed by atoms with Crippen molar-refractivity contribution in [1.82, 2.24) is 14.9 Å². The molecule has 7 heteroatoms. The number of hydrogen-bond acceptors (Lipinski definition) is 5. The summed E-state index contributed by atoms with van der Waals surface area (Å²) in [6, 6.07) is 9.58. The lowest BCUT2D eigenvalue weighted by atomic mass is 9.95. The van der Waals surface area contributed by atoms with Gasteiger partial charge in [-0.2, -0.15) is 0 Å². The minimum atomic E-state index is -0.298. The van der Waals surface area contributed by atoms with Gasteiger partial charge in [-0.3, -0.25) is 14.2 Å². The molecule has 5 rings (SSSR count). The van der Waals surface area contributed by atoms with Crippen LogP contribution in [0, 0.1) is 0 Å². The summed E-state index contributed by atoms with van der Waals surface area (Å²) in [4.78, 5) is 30.6. The number of fused-ring (bicyclic) bond motifs is 2. The average Bonchev–Trinajstić information content (AvgIpc) is 2.83. The van der Waals surface area contributed by atoms with E-state index in [0.717, 1.165) is 47.9 Å². The average molecular weight is 434 g/mol. The van der Waals surface area contributed by atoms with Crippen LogP contribution in [0.3, 0.4) is 0 Å². The highest BCUT2D eigenvalue weighted by Crippen LogP contribution is 2.35. The van der Waals surface area contributed by atoms with Crippen LogP contribution in [0.5, 0.6) is 11.5 Å². The first-order chi connectivity index (χ1) is 15.6. The Balaban J connectivity index is 1.54. The Hall–Kier alpha value is -3.35. The Morgan fingerprint density at radius 3 is 2.62 bits per heavy atom. The number of nitrogens with zero attached hydrogens (tertiary/aromatic N) is 2. The molecular weight excluding hydrogens is 406 g/mol. The number of hydrogen-bond donors (Lipinski definition) is 1. The number of benzene rings is 1. The molecule has 3 heterocycles. The third kappa shape index (κ3) is 3.83. The second-order valence-electron chi connectivity index (χ2n) is 8.41. The molecule has 166 valence electrons. The molecule has 0 atom stereocenters. The molecule has 1 aliphatic carbocycles. The molecule has 0 radical (unpaired) electrons. The van der Waals surface area contributed by atoms with Crippen LogP contribution in [0.2, 0.25) is 0 Å². The van der Waals surface area contributed by atoms with Crippen LogP contribution in [0.25, 0.3) is 22.2 Å². The van der Waals surface area contributed by atoms with Crippen molar-refractivity contribution in [3.8, 4) is 22.6 Å². The van der Waals surface area contributed by atoms with Crippen LogP contribution in [-0.2, 0) is 6.54 Å². The van der Waals surface area contributed by atoms with Gasteiger partial charge in [-0.25, -0.2) is 4.98 Å². The Bertz CT molecular complexity index is 1230. The van der Waals surface area contributed by atoms with Crippen LogP contribution < -0.4 is 20.3 Å². The molecule has 32 heavy (non-hydrogen) atoms. The predicted octanol–water partition coefficient (Wildman–Crippen LogP) is 3.92. The van der Waals surface area contributed by atoms with E-state index in [1.807, 2.05) is 31.2 Å². The number of amides is 1. The van der Waals surface area contributed by atoms with E-state index >= 15 is 0 Å². The summed E-state index contributed by atoms with van der Waals surface area (Å²) < 4.78 is 12.9. The number of rotatable bonds is 4. The molecule has 0 spiro atoms. The molecule has 1 N–H and O–H groups in total. The van der Waals surface area contributed by atoms with Gasteiger partial charge in [-0.1, -0.05) is 25.3 Å². The first kappa shape index (κ1) is 20.5. The summed E-state index contributed by atoms with van der Waals surface area (Å²) in [5, 5.41) is 3.83. The highest BCUT2D eigenvalue weighted by atomic mass is 16.6. The first-order valence-electron chi connectivity index (χ1n) is 11.4. The molecule has 7 nitrogen and oxygen atoms in total. The monoisotopic (exact) mass is 433 g/mol. The number of aryl methyl sites for hydroxylation is 1. The van der Waals surface area contributed by atoms with E-state index in [1.54, 1.807) is 16.8 Å².